The Morgan fingerprint density at radius 3 is 0.514 bits per heavy atom. The molecule has 0 bridgehead atoms. The summed E-state index contributed by atoms with van der Waals surface area (Å²) in [5.74, 6) is 3.71. The van der Waals surface area contributed by atoms with Gasteiger partial charge in [-0.05, 0) is 92.0 Å². The molecule has 2 heterocycles. The minimum atomic E-state index is 0.610. The van der Waals surface area contributed by atoms with E-state index in [-0.39, 0.29) is 0 Å². The van der Waals surface area contributed by atoms with Gasteiger partial charge in [0.2, 0.25) is 0 Å². The highest BCUT2D eigenvalue weighted by Crippen LogP contribution is 2.35. The van der Waals surface area contributed by atoms with E-state index in [0.29, 0.717) is 34.9 Å². The summed E-state index contributed by atoms with van der Waals surface area (Å²) in [6, 6.07) is 92.1. The first-order valence-corrected chi connectivity index (χ1v) is 24.0. The van der Waals surface area contributed by atoms with Crippen LogP contribution < -0.4 is 0 Å². The number of benzene rings is 10. The molecule has 0 aliphatic rings. The molecule has 0 saturated carbocycles. The van der Waals surface area contributed by atoms with Gasteiger partial charge in [0.15, 0.2) is 34.9 Å². The summed E-state index contributed by atoms with van der Waals surface area (Å²) in [6.07, 6.45) is 0. The Labute approximate surface area is 418 Å². The predicted molar refractivity (Wildman–Crippen MR) is 293 cm³/mol. The van der Waals surface area contributed by atoms with Crippen LogP contribution in [0.2, 0.25) is 0 Å². The minimum absolute atomic E-state index is 0.610. The Kier molecular flexibility index (Phi) is 11.9. The Morgan fingerprint density at radius 2 is 0.278 bits per heavy atom. The van der Waals surface area contributed by atoms with Gasteiger partial charge in [-0.1, -0.05) is 231 Å². The van der Waals surface area contributed by atoms with Crippen molar-refractivity contribution in [3.63, 3.8) is 0 Å². The SMILES string of the molecule is c1ccc(-c2cccc(-c3nc(-c4ccccc4)nc(-c4cccc(-c5cccc(-c6cccc(-c7cccc(-c8nc(-c9ccccc9)nc(-c9cccc(-c%10ccccc%10)c9)n8)c7)c6)c5)c4)n3)c2)cc1. The number of nitrogens with zero attached hydrogens (tertiary/aromatic N) is 6. The summed E-state index contributed by atoms with van der Waals surface area (Å²) in [4.78, 5) is 30.4. The maximum absolute atomic E-state index is 5.11. The summed E-state index contributed by atoms with van der Waals surface area (Å²) in [5, 5.41) is 0. The number of rotatable bonds is 11. The predicted octanol–water partition coefficient (Wildman–Crippen LogP) is 16.4. The normalized spacial score (nSPS) is 11.1. The van der Waals surface area contributed by atoms with Crippen molar-refractivity contribution < 1.29 is 0 Å². The Bertz CT molecular complexity index is 3600. The van der Waals surface area contributed by atoms with E-state index in [9.17, 15) is 0 Å². The lowest BCUT2D eigenvalue weighted by molar-refractivity contribution is 1.07. The zero-order valence-electron chi connectivity index (χ0n) is 39.1. The Hall–Kier alpha value is -9.78. The Balaban J connectivity index is 0.864. The van der Waals surface area contributed by atoms with Crippen molar-refractivity contribution >= 4 is 0 Å². The van der Waals surface area contributed by atoms with Crippen LogP contribution in [0.15, 0.2) is 267 Å². The lowest BCUT2D eigenvalue weighted by Crippen LogP contribution is -2.00. The number of aromatic nitrogens is 6. The topological polar surface area (TPSA) is 77.3 Å². The summed E-state index contributed by atoms with van der Waals surface area (Å²) in [7, 11) is 0. The van der Waals surface area contributed by atoms with Gasteiger partial charge >= 0.3 is 0 Å². The highest BCUT2D eigenvalue weighted by molar-refractivity contribution is 5.81. The lowest BCUT2D eigenvalue weighted by Gasteiger charge is -2.12. The molecule has 10 aromatic carbocycles. The molecule has 0 N–H and O–H groups in total. The van der Waals surface area contributed by atoms with E-state index in [1.165, 1.54) is 0 Å². The molecule has 0 atom stereocenters. The minimum Gasteiger partial charge on any atom is -0.208 e. The molecule has 72 heavy (non-hydrogen) atoms. The van der Waals surface area contributed by atoms with E-state index in [2.05, 4.69) is 194 Å². The molecular formula is C66H44N6. The summed E-state index contributed by atoms with van der Waals surface area (Å²) >= 11 is 0. The van der Waals surface area contributed by atoms with Crippen molar-refractivity contribution in [1.29, 1.82) is 0 Å². The van der Waals surface area contributed by atoms with Crippen LogP contribution in [0.3, 0.4) is 0 Å². The largest absolute Gasteiger partial charge is 0.208 e. The van der Waals surface area contributed by atoms with Crippen LogP contribution in [0.25, 0.3) is 124 Å². The van der Waals surface area contributed by atoms with Crippen molar-refractivity contribution in [2.24, 2.45) is 0 Å². The van der Waals surface area contributed by atoms with E-state index < -0.39 is 0 Å². The van der Waals surface area contributed by atoms with Crippen molar-refractivity contribution in [3.05, 3.63) is 267 Å². The first-order valence-electron chi connectivity index (χ1n) is 24.0. The van der Waals surface area contributed by atoms with Gasteiger partial charge in [0.05, 0.1) is 0 Å². The molecular weight excluding hydrogens is 877 g/mol. The van der Waals surface area contributed by atoms with Crippen molar-refractivity contribution in [2.75, 3.05) is 0 Å². The first kappa shape index (κ1) is 43.5. The van der Waals surface area contributed by atoms with Gasteiger partial charge in [0.25, 0.3) is 0 Å². The number of hydrogen-bond acceptors (Lipinski definition) is 6. The van der Waals surface area contributed by atoms with Crippen LogP contribution in [-0.2, 0) is 0 Å². The zero-order chi connectivity index (χ0) is 48.1. The molecule has 0 radical (unpaired) electrons. The lowest BCUT2D eigenvalue weighted by atomic mass is 9.95. The molecule has 2 aromatic heterocycles. The van der Waals surface area contributed by atoms with E-state index in [4.69, 9.17) is 29.9 Å². The molecule has 0 spiro atoms. The summed E-state index contributed by atoms with van der Waals surface area (Å²) < 4.78 is 0. The molecule has 0 saturated heterocycles. The van der Waals surface area contributed by atoms with Crippen LogP contribution in [-0.4, -0.2) is 29.9 Å². The smallest absolute Gasteiger partial charge is 0.164 e. The van der Waals surface area contributed by atoms with E-state index in [1.54, 1.807) is 0 Å². The maximum atomic E-state index is 5.11. The molecule has 6 nitrogen and oxygen atoms in total. The fourth-order valence-electron chi connectivity index (χ4n) is 9.07. The van der Waals surface area contributed by atoms with Crippen LogP contribution in [0, 0.1) is 0 Å². The van der Waals surface area contributed by atoms with Crippen LogP contribution >= 0.6 is 0 Å². The molecule has 6 heteroatoms. The molecule has 0 amide bonds. The average Bonchev–Trinajstić information content (AvgIpc) is 3.48. The van der Waals surface area contributed by atoms with E-state index in [1.807, 2.05) is 72.8 Å². The van der Waals surface area contributed by atoms with Gasteiger partial charge in [-0.15, -0.1) is 0 Å². The van der Waals surface area contributed by atoms with Gasteiger partial charge in [-0.25, -0.2) is 29.9 Å². The average molecular weight is 921 g/mol. The number of hydrogen-bond donors (Lipinski definition) is 0. The maximum Gasteiger partial charge on any atom is 0.164 e. The molecule has 0 aliphatic heterocycles. The second kappa shape index (κ2) is 19.7. The summed E-state index contributed by atoms with van der Waals surface area (Å²) in [5.41, 5.74) is 16.5. The molecule has 0 unspecified atom stereocenters. The molecule has 338 valence electrons. The zero-order valence-corrected chi connectivity index (χ0v) is 39.1. The van der Waals surface area contributed by atoms with Crippen molar-refractivity contribution in [2.45, 2.75) is 0 Å². The van der Waals surface area contributed by atoms with Gasteiger partial charge in [0.1, 0.15) is 0 Å². The molecule has 0 fully saturated rings. The van der Waals surface area contributed by atoms with Crippen molar-refractivity contribution in [3.8, 4) is 124 Å². The fraction of sp³-hybridized carbons (Fsp3) is 0. The third kappa shape index (κ3) is 9.36. The third-order valence-corrected chi connectivity index (χ3v) is 12.8. The van der Waals surface area contributed by atoms with Gasteiger partial charge in [-0.3, -0.25) is 0 Å². The van der Waals surface area contributed by atoms with E-state index >= 15 is 0 Å². The first-order chi connectivity index (χ1) is 35.6. The standard InChI is InChI=1S/C66H44N6/c1-5-19-45(20-6-1)49-27-15-35-57(41-49)63-67-61(47-23-9-3-10-24-47)69-65(71-63)59-37-17-33-55(43-59)53-31-13-29-51(39-53)52-30-14-32-54(40-52)56-34-18-38-60(44-56)66-70-62(48-25-11-4-12-26-48)68-64(72-66)58-36-16-28-50(42-58)46-21-7-2-8-22-46/h1-44H. The summed E-state index contributed by atoms with van der Waals surface area (Å²) in [6.45, 7) is 0. The Morgan fingerprint density at radius 1 is 0.125 bits per heavy atom. The van der Waals surface area contributed by atoms with Crippen LogP contribution in [0.4, 0.5) is 0 Å². The van der Waals surface area contributed by atoms with E-state index in [0.717, 1.165) is 89.0 Å². The highest BCUT2D eigenvalue weighted by Gasteiger charge is 2.16. The monoisotopic (exact) mass is 920 g/mol. The molecule has 0 aliphatic carbocycles. The second-order valence-corrected chi connectivity index (χ2v) is 17.6. The van der Waals surface area contributed by atoms with Gasteiger partial charge < -0.3 is 0 Å². The third-order valence-electron chi connectivity index (χ3n) is 12.8. The van der Waals surface area contributed by atoms with Crippen molar-refractivity contribution in [1.82, 2.24) is 29.9 Å². The molecule has 12 aromatic rings. The van der Waals surface area contributed by atoms with Gasteiger partial charge in [-0.2, -0.15) is 0 Å². The molecule has 12 rings (SSSR count). The highest BCUT2D eigenvalue weighted by atomic mass is 15.0. The second-order valence-electron chi connectivity index (χ2n) is 17.6. The fourth-order valence-corrected chi connectivity index (χ4v) is 9.07. The van der Waals surface area contributed by atoms with Crippen LogP contribution in [0.5, 0.6) is 0 Å². The van der Waals surface area contributed by atoms with Crippen LogP contribution in [0.1, 0.15) is 0 Å². The quantitative estimate of drug-likeness (QED) is 0.129. The van der Waals surface area contributed by atoms with Gasteiger partial charge in [0, 0.05) is 33.4 Å².